The number of hydrogen-bond acceptors (Lipinski definition) is 7. The minimum atomic E-state index is -1.67. The van der Waals surface area contributed by atoms with Gasteiger partial charge in [-0.25, -0.2) is 4.79 Å². The molecule has 4 rings (SSSR count). The molecule has 154 valence electrons. The molecule has 2 aliphatic heterocycles. The molecule has 0 unspecified atom stereocenters. The Morgan fingerprint density at radius 3 is 2.79 bits per heavy atom. The molecule has 2 aromatic rings. The summed E-state index contributed by atoms with van der Waals surface area (Å²) in [6.45, 7) is 7.60. The predicted molar refractivity (Wildman–Crippen MR) is 111 cm³/mol. The summed E-state index contributed by atoms with van der Waals surface area (Å²) in [6, 6.07) is 3.23. The van der Waals surface area contributed by atoms with Crippen LogP contribution in [0.25, 0.3) is 10.9 Å². The van der Waals surface area contributed by atoms with Crippen LogP contribution in [0.15, 0.2) is 18.3 Å². The summed E-state index contributed by atoms with van der Waals surface area (Å²) in [6.07, 6.45) is 1.31. The molecule has 10 heteroatoms. The molecule has 1 fully saturated rings. The molecule has 0 saturated carbocycles. The molecule has 8 nitrogen and oxygen atoms in total. The number of hydrogen-bond donors (Lipinski definition) is 2. The Kier molecular flexibility index (Phi) is 5.00. The van der Waals surface area contributed by atoms with Gasteiger partial charge in [-0.2, -0.15) is 0 Å². The lowest BCUT2D eigenvalue weighted by atomic mass is 9.79. The number of ether oxygens (including phenoxy) is 2. The molecule has 29 heavy (non-hydrogen) atoms. The molecule has 0 spiro atoms. The van der Waals surface area contributed by atoms with E-state index in [-0.39, 0.29) is 22.6 Å². The van der Waals surface area contributed by atoms with Crippen LogP contribution in [-0.2, 0) is 4.74 Å². The van der Waals surface area contributed by atoms with E-state index in [0.717, 1.165) is 11.1 Å². The quantitative estimate of drug-likeness (QED) is 0.674. The van der Waals surface area contributed by atoms with Crippen LogP contribution in [0.4, 0.5) is 10.5 Å². The van der Waals surface area contributed by atoms with Gasteiger partial charge in [0.15, 0.2) is 5.75 Å². The van der Waals surface area contributed by atoms with Gasteiger partial charge in [-0.1, -0.05) is 11.6 Å². The Balaban J connectivity index is 1.66. The zero-order valence-corrected chi connectivity index (χ0v) is 17.3. The van der Waals surface area contributed by atoms with E-state index in [4.69, 9.17) is 21.1 Å². The van der Waals surface area contributed by atoms with Gasteiger partial charge in [0.25, 0.3) is 0 Å². The standard InChI is InChI=1S/C19H23BClN3O5/c1-19(2,3)29-18(25)23-4-5-24-11(9-23)10-28-16-8-22-15-7-13(20(26)27)14(21)6-12(15)17(16)24/h6-8,11,26-27H,4-5,9-10H2,1-3H3/t11-/m1/s1. The lowest BCUT2D eigenvalue weighted by Gasteiger charge is -2.45. The monoisotopic (exact) mass is 419 g/mol. The molecule has 1 saturated heterocycles. The summed E-state index contributed by atoms with van der Waals surface area (Å²) in [5.41, 5.74) is 1.11. The van der Waals surface area contributed by atoms with Gasteiger partial charge in [0.1, 0.15) is 12.2 Å². The normalized spacial score (nSPS) is 18.8. The third kappa shape index (κ3) is 3.82. The van der Waals surface area contributed by atoms with Crippen molar-refractivity contribution in [3.8, 4) is 5.75 Å². The number of piperazine rings is 1. The van der Waals surface area contributed by atoms with Crippen LogP contribution in [-0.4, -0.2) is 71.0 Å². The Labute approximate surface area is 174 Å². The minimum absolute atomic E-state index is 0.0312. The van der Waals surface area contributed by atoms with Crippen LogP contribution in [0.5, 0.6) is 5.75 Å². The first-order valence-electron chi connectivity index (χ1n) is 9.50. The number of halogens is 1. The van der Waals surface area contributed by atoms with Gasteiger partial charge in [-0.05, 0) is 32.9 Å². The Bertz CT molecular complexity index is 965. The molecule has 0 aliphatic carbocycles. The van der Waals surface area contributed by atoms with Crippen molar-refractivity contribution in [2.75, 3.05) is 31.1 Å². The highest BCUT2D eigenvalue weighted by molar-refractivity contribution is 6.63. The van der Waals surface area contributed by atoms with Gasteiger partial charge in [-0.15, -0.1) is 0 Å². The number of fused-ring (bicyclic) bond motifs is 5. The van der Waals surface area contributed by atoms with Crippen molar-refractivity contribution >= 4 is 46.9 Å². The smallest absolute Gasteiger partial charge is 0.488 e. The second-order valence-electron chi connectivity index (χ2n) is 8.32. The van der Waals surface area contributed by atoms with E-state index in [0.29, 0.717) is 37.5 Å². The molecular weight excluding hydrogens is 396 g/mol. The first-order chi connectivity index (χ1) is 13.6. The van der Waals surface area contributed by atoms with E-state index in [1.54, 1.807) is 23.2 Å². The average molecular weight is 420 g/mol. The fourth-order valence-corrected chi connectivity index (χ4v) is 4.03. The molecule has 0 radical (unpaired) electrons. The van der Waals surface area contributed by atoms with E-state index in [9.17, 15) is 14.8 Å². The average Bonchev–Trinajstić information content (AvgIpc) is 2.64. The predicted octanol–water partition coefficient (Wildman–Crippen LogP) is 1.39. The third-order valence-electron chi connectivity index (χ3n) is 5.06. The second kappa shape index (κ2) is 7.23. The highest BCUT2D eigenvalue weighted by Gasteiger charge is 2.37. The summed E-state index contributed by atoms with van der Waals surface area (Å²) >= 11 is 6.27. The number of anilines is 1. The number of pyridine rings is 1. The maximum absolute atomic E-state index is 12.5. The zero-order valence-electron chi connectivity index (χ0n) is 16.6. The number of aromatic nitrogens is 1. The lowest BCUT2D eigenvalue weighted by molar-refractivity contribution is 0.0195. The Hall–Kier alpha value is -2.23. The van der Waals surface area contributed by atoms with E-state index < -0.39 is 12.7 Å². The van der Waals surface area contributed by atoms with E-state index in [1.807, 2.05) is 20.8 Å². The molecule has 0 bridgehead atoms. The van der Waals surface area contributed by atoms with Crippen molar-refractivity contribution in [2.45, 2.75) is 32.4 Å². The molecule has 2 N–H and O–H groups in total. The summed E-state index contributed by atoms with van der Waals surface area (Å²) < 4.78 is 11.4. The van der Waals surface area contributed by atoms with Gasteiger partial charge < -0.3 is 29.3 Å². The lowest BCUT2D eigenvalue weighted by Crippen LogP contribution is -2.59. The number of carbonyl (C=O) groups excluding carboxylic acids is 1. The summed E-state index contributed by atoms with van der Waals surface area (Å²) in [5.74, 6) is 0.646. The Morgan fingerprint density at radius 1 is 1.34 bits per heavy atom. The maximum Gasteiger partial charge on any atom is 0.490 e. The SMILES string of the molecule is CC(C)(C)OC(=O)N1CCN2c3c(cnc4cc(B(O)O)c(Cl)cc34)OC[C@H]2C1. The summed E-state index contributed by atoms with van der Waals surface area (Å²) in [5, 5.41) is 20.0. The van der Waals surface area contributed by atoms with Crippen LogP contribution in [0.3, 0.4) is 0 Å². The molecule has 1 aromatic carbocycles. The highest BCUT2D eigenvalue weighted by atomic mass is 35.5. The molecule has 1 atom stereocenters. The van der Waals surface area contributed by atoms with Crippen molar-refractivity contribution < 1.29 is 24.3 Å². The molecule has 1 aromatic heterocycles. The van der Waals surface area contributed by atoms with Crippen LogP contribution in [0.2, 0.25) is 5.02 Å². The van der Waals surface area contributed by atoms with E-state index in [2.05, 4.69) is 9.88 Å². The zero-order chi connectivity index (χ0) is 20.9. The molecule has 1 amide bonds. The molecular formula is C19H23BClN3O5. The number of benzene rings is 1. The van der Waals surface area contributed by atoms with Crippen molar-refractivity contribution in [3.05, 3.63) is 23.4 Å². The number of rotatable bonds is 1. The maximum atomic E-state index is 12.5. The van der Waals surface area contributed by atoms with Crippen LogP contribution >= 0.6 is 11.6 Å². The Morgan fingerprint density at radius 2 is 2.10 bits per heavy atom. The number of amides is 1. The van der Waals surface area contributed by atoms with Crippen LogP contribution in [0, 0.1) is 0 Å². The second-order valence-corrected chi connectivity index (χ2v) is 8.73. The van der Waals surface area contributed by atoms with Crippen LogP contribution in [0.1, 0.15) is 20.8 Å². The number of nitrogens with zero attached hydrogens (tertiary/aromatic N) is 3. The molecule has 2 aliphatic rings. The van der Waals surface area contributed by atoms with Crippen LogP contribution < -0.4 is 15.1 Å². The fraction of sp³-hybridized carbons (Fsp3) is 0.474. The minimum Gasteiger partial charge on any atom is -0.488 e. The largest absolute Gasteiger partial charge is 0.490 e. The first kappa shape index (κ1) is 20.1. The summed E-state index contributed by atoms with van der Waals surface area (Å²) in [4.78, 5) is 20.8. The van der Waals surface area contributed by atoms with Gasteiger partial charge >= 0.3 is 13.2 Å². The van der Waals surface area contributed by atoms with Crippen molar-refractivity contribution in [3.63, 3.8) is 0 Å². The highest BCUT2D eigenvalue weighted by Crippen LogP contribution is 2.40. The van der Waals surface area contributed by atoms with Gasteiger partial charge in [0, 0.05) is 35.5 Å². The topological polar surface area (TPSA) is 95.4 Å². The van der Waals surface area contributed by atoms with Crippen molar-refractivity contribution in [2.24, 2.45) is 0 Å². The summed E-state index contributed by atoms with van der Waals surface area (Å²) in [7, 11) is -1.67. The van der Waals surface area contributed by atoms with Gasteiger partial charge in [-0.3, -0.25) is 4.98 Å². The fourth-order valence-electron chi connectivity index (χ4n) is 3.77. The van der Waals surface area contributed by atoms with E-state index >= 15 is 0 Å². The first-order valence-corrected chi connectivity index (χ1v) is 9.87. The van der Waals surface area contributed by atoms with Gasteiger partial charge in [0.2, 0.25) is 0 Å². The van der Waals surface area contributed by atoms with E-state index in [1.165, 1.54) is 0 Å². The third-order valence-corrected chi connectivity index (χ3v) is 5.38. The number of carbonyl (C=O) groups is 1. The van der Waals surface area contributed by atoms with Crippen molar-refractivity contribution in [1.82, 2.24) is 9.88 Å². The van der Waals surface area contributed by atoms with Crippen molar-refractivity contribution in [1.29, 1.82) is 0 Å². The molecule has 3 heterocycles. The van der Waals surface area contributed by atoms with Gasteiger partial charge in [0.05, 0.1) is 23.4 Å².